The van der Waals surface area contributed by atoms with Gasteiger partial charge in [0.25, 0.3) is 0 Å². The summed E-state index contributed by atoms with van der Waals surface area (Å²) in [5, 5.41) is 6.84. The molecule has 0 unspecified atom stereocenters. The highest BCUT2D eigenvalue weighted by molar-refractivity contribution is 5.86. The average Bonchev–Trinajstić information content (AvgIpc) is 3.36. The third kappa shape index (κ3) is 7.29. The van der Waals surface area contributed by atoms with E-state index in [4.69, 9.17) is 32.9 Å². The van der Waals surface area contributed by atoms with Crippen molar-refractivity contribution in [3.8, 4) is 28.5 Å². The molecule has 10 nitrogen and oxygen atoms in total. The van der Waals surface area contributed by atoms with Crippen molar-refractivity contribution in [1.29, 1.82) is 0 Å². The van der Waals surface area contributed by atoms with Gasteiger partial charge in [-0.25, -0.2) is 4.79 Å². The lowest BCUT2D eigenvalue weighted by atomic mass is 9.96. The first-order chi connectivity index (χ1) is 17.4. The molecule has 0 fully saturated rings. The van der Waals surface area contributed by atoms with Crippen molar-refractivity contribution in [2.24, 2.45) is 0 Å². The highest BCUT2D eigenvalue weighted by Crippen LogP contribution is 2.45. The Morgan fingerprint density at radius 1 is 1.06 bits per heavy atom. The number of carbonyl (C=O) groups is 1. The molecule has 0 spiro atoms. The minimum Gasteiger partial charge on any atom is -0.502 e. The lowest BCUT2D eigenvalue weighted by Gasteiger charge is -2.17. The van der Waals surface area contributed by atoms with Crippen LogP contribution in [-0.2, 0) is 14.2 Å². The van der Waals surface area contributed by atoms with Gasteiger partial charge in [-0.1, -0.05) is 11.2 Å². The Kier molecular flexibility index (Phi) is 11.4. The lowest BCUT2D eigenvalue weighted by Crippen LogP contribution is -2.20. The zero-order chi connectivity index (χ0) is 26.5. The zero-order valence-electron chi connectivity index (χ0n) is 21.8. The first-order valence-electron chi connectivity index (χ1n) is 11.2. The molecule has 0 saturated heterocycles. The smallest absolute Gasteiger partial charge is 0.411 e. The maximum Gasteiger partial charge on any atom is 0.411 e. The number of alkyl carbamates (subject to hydrolysis) is 1. The number of amides is 1. The molecule has 0 atom stereocenters. The van der Waals surface area contributed by atoms with E-state index in [1.807, 2.05) is 32.1 Å². The van der Waals surface area contributed by atoms with Crippen molar-refractivity contribution >= 4 is 11.7 Å². The summed E-state index contributed by atoms with van der Waals surface area (Å²) in [4.78, 5) is 11.9. The summed E-state index contributed by atoms with van der Waals surface area (Å²) in [6, 6.07) is 1.82. The maximum atomic E-state index is 11.9. The van der Waals surface area contributed by atoms with Crippen LogP contribution in [0.5, 0.6) is 17.2 Å². The monoisotopic (exact) mass is 502 g/mol. The van der Waals surface area contributed by atoms with Crippen molar-refractivity contribution < 1.29 is 37.7 Å². The summed E-state index contributed by atoms with van der Waals surface area (Å²) >= 11 is 0. The Morgan fingerprint density at radius 3 is 2.44 bits per heavy atom. The summed E-state index contributed by atoms with van der Waals surface area (Å²) in [5.74, 6) is 2.28. The quantitative estimate of drug-likeness (QED) is 0.233. The largest absolute Gasteiger partial charge is 0.502 e. The van der Waals surface area contributed by atoms with Crippen LogP contribution in [0.4, 0.5) is 4.79 Å². The summed E-state index contributed by atoms with van der Waals surface area (Å²) < 4.78 is 37.1. The molecule has 10 heteroatoms. The number of hydrogen-bond donors (Lipinski definition) is 1. The van der Waals surface area contributed by atoms with Crippen molar-refractivity contribution in [3.63, 3.8) is 0 Å². The molecule has 36 heavy (non-hydrogen) atoms. The fraction of sp³-hybridized carbons (Fsp3) is 0.385. The van der Waals surface area contributed by atoms with E-state index in [0.29, 0.717) is 41.5 Å². The van der Waals surface area contributed by atoms with Gasteiger partial charge >= 0.3 is 6.09 Å². The number of ether oxygens (including phenoxy) is 6. The Labute approximate surface area is 211 Å². The van der Waals surface area contributed by atoms with Crippen molar-refractivity contribution in [2.45, 2.75) is 20.3 Å². The van der Waals surface area contributed by atoms with E-state index in [0.717, 1.165) is 22.5 Å². The molecular weight excluding hydrogens is 468 g/mol. The number of nitrogens with zero attached hydrogens (tertiary/aromatic N) is 1. The van der Waals surface area contributed by atoms with Crippen LogP contribution >= 0.6 is 0 Å². The normalized spacial score (nSPS) is 12.0. The number of allylic oxidation sites excluding steroid dienone is 5. The van der Waals surface area contributed by atoms with Crippen LogP contribution in [0.2, 0.25) is 0 Å². The molecule has 0 aliphatic rings. The molecule has 1 aromatic heterocycles. The Morgan fingerprint density at radius 2 is 1.81 bits per heavy atom. The second kappa shape index (κ2) is 14.5. The van der Waals surface area contributed by atoms with E-state index in [-0.39, 0.29) is 6.61 Å². The minimum absolute atomic E-state index is 0.149. The predicted octanol–water partition coefficient (Wildman–Crippen LogP) is 4.89. The molecule has 0 radical (unpaired) electrons. The summed E-state index contributed by atoms with van der Waals surface area (Å²) in [6.07, 6.45) is 8.63. The van der Waals surface area contributed by atoms with Gasteiger partial charge in [-0.3, -0.25) is 5.32 Å². The van der Waals surface area contributed by atoms with Gasteiger partial charge in [0.05, 0.1) is 40.8 Å². The van der Waals surface area contributed by atoms with Crippen molar-refractivity contribution in [1.82, 2.24) is 10.5 Å². The molecule has 0 aliphatic carbocycles. The van der Waals surface area contributed by atoms with Crippen LogP contribution in [0, 0.1) is 6.92 Å². The van der Waals surface area contributed by atoms with Crippen LogP contribution in [0.1, 0.15) is 24.5 Å². The standard InChI is InChI=1S/C26H34N2O8/c1-17(31-4)9-8-10-19(11-12-27-26(29)35-14-13-30-3)21-16-36-28-23(21)20-15-22(32-5)25(34-7)24(33-6)18(20)2/h9-12,15-16H,8,13-14H2,1-7H3,(H,27,29)/b12-11+,17-9+,19-10?. The van der Waals surface area contributed by atoms with E-state index in [2.05, 4.69) is 10.5 Å². The molecular formula is C26H34N2O8. The van der Waals surface area contributed by atoms with Crippen LogP contribution in [-0.4, -0.2) is 60.0 Å². The number of nitrogens with one attached hydrogen (secondary N) is 1. The molecule has 0 saturated carbocycles. The molecule has 1 N–H and O–H groups in total. The Hall–Kier alpha value is -3.92. The predicted molar refractivity (Wildman–Crippen MR) is 135 cm³/mol. The van der Waals surface area contributed by atoms with Gasteiger partial charge in [-0.15, -0.1) is 0 Å². The molecule has 2 rings (SSSR count). The first-order valence-corrected chi connectivity index (χ1v) is 11.2. The maximum absolute atomic E-state index is 11.9. The van der Waals surface area contributed by atoms with E-state index < -0.39 is 6.09 Å². The first kappa shape index (κ1) is 28.3. The van der Waals surface area contributed by atoms with Crippen LogP contribution in [0.3, 0.4) is 0 Å². The van der Waals surface area contributed by atoms with E-state index in [1.54, 1.807) is 34.5 Å². The third-order valence-electron chi connectivity index (χ3n) is 5.26. The number of hydrogen-bond acceptors (Lipinski definition) is 9. The van der Waals surface area contributed by atoms with Crippen LogP contribution < -0.4 is 19.5 Å². The highest BCUT2D eigenvalue weighted by Gasteiger charge is 2.23. The fourth-order valence-corrected chi connectivity index (χ4v) is 3.34. The van der Waals surface area contributed by atoms with Gasteiger partial charge in [-0.2, -0.15) is 0 Å². The SMILES string of the molecule is COCCOC(=O)N/C=C/C(=CC/C=C(\C)OC)c1conc1-c1cc(OC)c(OC)c(OC)c1C. The number of carbonyl (C=O) groups excluding carboxylic acids is 1. The molecule has 1 heterocycles. The minimum atomic E-state index is -0.594. The van der Waals surface area contributed by atoms with E-state index >= 15 is 0 Å². The van der Waals surface area contributed by atoms with E-state index in [1.165, 1.54) is 19.6 Å². The van der Waals surface area contributed by atoms with Gasteiger partial charge in [-0.05, 0) is 44.1 Å². The topological polar surface area (TPSA) is 111 Å². The van der Waals surface area contributed by atoms with Gasteiger partial charge in [0, 0.05) is 30.0 Å². The Balaban J connectivity index is 2.49. The molecule has 0 bridgehead atoms. The molecule has 0 aliphatic heterocycles. The Bertz CT molecular complexity index is 1100. The molecule has 196 valence electrons. The summed E-state index contributed by atoms with van der Waals surface area (Å²) in [6.45, 7) is 4.23. The van der Waals surface area contributed by atoms with Crippen molar-refractivity contribution in [2.75, 3.05) is 48.8 Å². The number of aromatic nitrogens is 1. The fourth-order valence-electron chi connectivity index (χ4n) is 3.34. The van der Waals surface area contributed by atoms with Crippen LogP contribution in [0.25, 0.3) is 16.8 Å². The van der Waals surface area contributed by atoms with E-state index in [9.17, 15) is 4.79 Å². The second-order valence-corrected chi connectivity index (χ2v) is 7.42. The zero-order valence-corrected chi connectivity index (χ0v) is 21.8. The highest BCUT2D eigenvalue weighted by atomic mass is 16.6. The van der Waals surface area contributed by atoms with Crippen molar-refractivity contribution in [3.05, 3.63) is 53.6 Å². The molecule has 1 amide bonds. The lowest BCUT2D eigenvalue weighted by molar-refractivity contribution is 0.101. The summed E-state index contributed by atoms with van der Waals surface area (Å²) in [7, 11) is 7.81. The summed E-state index contributed by atoms with van der Waals surface area (Å²) in [5.41, 5.74) is 3.54. The average molecular weight is 503 g/mol. The van der Waals surface area contributed by atoms with Gasteiger partial charge < -0.3 is 32.9 Å². The number of benzene rings is 1. The third-order valence-corrected chi connectivity index (χ3v) is 5.26. The van der Waals surface area contributed by atoms with Crippen LogP contribution in [0.15, 0.2) is 47.0 Å². The molecule has 2 aromatic rings. The number of methoxy groups -OCH3 is 5. The van der Waals surface area contributed by atoms with Gasteiger partial charge in [0.2, 0.25) is 5.75 Å². The molecule has 1 aromatic carbocycles. The number of rotatable bonds is 13. The van der Waals surface area contributed by atoms with Gasteiger partial charge in [0.1, 0.15) is 18.6 Å². The second-order valence-electron chi connectivity index (χ2n) is 7.42. The van der Waals surface area contributed by atoms with Gasteiger partial charge in [0.15, 0.2) is 11.5 Å².